The fourth-order valence-electron chi connectivity index (χ4n) is 2.52. The van der Waals surface area contributed by atoms with Crippen LogP contribution in [0.4, 0.5) is 13.2 Å². The standard InChI is InChI=1S/C13H13F3N4O/c14-13(15,16)8-3-1-4-9(7-8)20-11(18-19-12(20)21)10-5-2-6-17-10/h1,3-4,7,10,17H,2,5-6H2,(H,19,21). The highest BCUT2D eigenvalue weighted by Crippen LogP contribution is 2.30. The molecule has 1 saturated heterocycles. The Kier molecular flexibility index (Phi) is 3.32. The minimum absolute atomic E-state index is 0.126. The molecule has 0 bridgehead atoms. The Bertz CT molecular complexity index is 698. The van der Waals surface area contributed by atoms with Crippen LogP contribution in [0.15, 0.2) is 29.1 Å². The molecule has 5 nitrogen and oxygen atoms in total. The summed E-state index contributed by atoms with van der Waals surface area (Å²) in [5, 5.41) is 9.43. The summed E-state index contributed by atoms with van der Waals surface area (Å²) in [5.41, 5.74) is -1.18. The van der Waals surface area contributed by atoms with Crippen LogP contribution in [-0.4, -0.2) is 21.3 Å². The topological polar surface area (TPSA) is 62.7 Å². The second-order valence-electron chi connectivity index (χ2n) is 4.92. The van der Waals surface area contributed by atoms with Gasteiger partial charge in [-0.05, 0) is 37.6 Å². The average molecular weight is 298 g/mol. The van der Waals surface area contributed by atoms with Gasteiger partial charge >= 0.3 is 11.9 Å². The molecule has 3 rings (SSSR count). The van der Waals surface area contributed by atoms with Crippen LogP contribution in [0.3, 0.4) is 0 Å². The first-order chi connectivity index (χ1) is 9.97. The van der Waals surface area contributed by atoms with E-state index in [1.54, 1.807) is 0 Å². The van der Waals surface area contributed by atoms with E-state index >= 15 is 0 Å². The van der Waals surface area contributed by atoms with Gasteiger partial charge in [0.2, 0.25) is 0 Å². The van der Waals surface area contributed by atoms with Gasteiger partial charge in [-0.2, -0.15) is 18.3 Å². The number of aromatic nitrogens is 3. The number of hydrogen-bond acceptors (Lipinski definition) is 3. The van der Waals surface area contributed by atoms with Gasteiger partial charge in [-0.1, -0.05) is 6.07 Å². The Hall–Kier alpha value is -2.09. The molecule has 0 amide bonds. The Balaban J connectivity index is 2.08. The van der Waals surface area contributed by atoms with Crippen LogP contribution in [-0.2, 0) is 6.18 Å². The number of nitrogens with one attached hydrogen (secondary N) is 2. The summed E-state index contributed by atoms with van der Waals surface area (Å²) >= 11 is 0. The normalized spacial score (nSPS) is 19.1. The molecule has 0 radical (unpaired) electrons. The molecule has 1 aromatic carbocycles. The second-order valence-corrected chi connectivity index (χ2v) is 4.92. The van der Waals surface area contributed by atoms with E-state index in [2.05, 4.69) is 15.5 Å². The lowest BCUT2D eigenvalue weighted by atomic mass is 10.1. The molecule has 112 valence electrons. The number of H-pyrrole nitrogens is 1. The quantitative estimate of drug-likeness (QED) is 0.891. The lowest BCUT2D eigenvalue weighted by Gasteiger charge is -2.13. The number of hydrogen-bond donors (Lipinski definition) is 2. The van der Waals surface area contributed by atoms with Crippen molar-refractivity contribution in [2.75, 3.05) is 6.54 Å². The summed E-state index contributed by atoms with van der Waals surface area (Å²) in [5.74, 6) is 0.414. The van der Waals surface area contributed by atoms with Gasteiger partial charge in [0.15, 0.2) is 5.82 Å². The molecule has 1 aromatic heterocycles. The molecule has 0 aliphatic carbocycles. The van der Waals surface area contributed by atoms with E-state index in [0.717, 1.165) is 31.5 Å². The third-order valence-electron chi connectivity index (χ3n) is 3.50. The van der Waals surface area contributed by atoms with Crippen LogP contribution in [0.2, 0.25) is 0 Å². The fraction of sp³-hybridized carbons (Fsp3) is 0.385. The lowest BCUT2D eigenvalue weighted by molar-refractivity contribution is -0.137. The number of rotatable bonds is 2. The average Bonchev–Trinajstić information content (AvgIpc) is 3.06. The smallest absolute Gasteiger partial charge is 0.307 e. The number of halogens is 3. The Morgan fingerprint density at radius 1 is 1.33 bits per heavy atom. The Labute approximate surface area is 117 Å². The van der Waals surface area contributed by atoms with E-state index in [9.17, 15) is 18.0 Å². The Morgan fingerprint density at radius 2 is 2.14 bits per heavy atom. The summed E-state index contributed by atoms with van der Waals surface area (Å²) in [6.45, 7) is 0.800. The van der Waals surface area contributed by atoms with Gasteiger partial charge in [0.05, 0.1) is 17.3 Å². The largest absolute Gasteiger partial charge is 0.416 e. The number of benzene rings is 1. The first-order valence-corrected chi connectivity index (χ1v) is 6.55. The third kappa shape index (κ3) is 2.58. The highest BCUT2D eigenvalue weighted by molar-refractivity contribution is 5.38. The molecule has 2 N–H and O–H groups in total. The highest BCUT2D eigenvalue weighted by atomic mass is 19.4. The monoisotopic (exact) mass is 298 g/mol. The molecule has 1 atom stereocenters. The van der Waals surface area contributed by atoms with Gasteiger partial charge in [0.1, 0.15) is 0 Å². The van der Waals surface area contributed by atoms with Crippen LogP contribution in [0, 0.1) is 0 Å². The maximum Gasteiger partial charge on any atom is 0.416 e. The molecule has 1 aliphatic rings. The van der Waals surface area contributed by atoms with Crippen molar-refractivity contribution in [2.24, 2.45) is 0 Å². The predicted molar refractivity (Wildman–Crippen MR) is 69.2 cm³/mol. The summed E-state index contributed by atoms with van der Waals surface area (Å²) in [6, 6.07) is 4.55. The van der Waals surface area contributed by atoms with Crippen molar-refractivity contribution in [2.45, 2.75) is 25.1 Å². The molecule has 8 heteroatoms. The first kappa shape index (κ1) is 13.9. The van der Waals surface area contributed by atoms with E-state index in [-0.39, 0.29) is 11.7 Å². The van der Waals surface area contributed by atoms with Gasteiger partial charge in [0, 0.05) is 0 Å². The second kappa shape index (κ2) is 5.03. The molecular formula is C13H13F3N4O. The Morgan fingerprint density at radius 3 is 2.81 bits per heavy atom. The van der Waals surface area contributed by atoms with Crippen molar-refractivity contribution >= 4 is 0 Å². The van der Waals surface area contributed by atoms with Gasteiger partial charge in [-0.25, -0.2) is 14.5 Å². The molecule has 0 saturated carbocycles. The van der Waals surface area contributed by atoms with E-state index in [0.29, 0.717) is 5.82 Å². The highest BCUT2D eigenvalue weighted by Gasteiger charge is 2.31. The van der Waals surface area contributed by atoms with Crippen molar-refractivity contribution in [3.05, 3.63) is 46.1 Å². The van der Waals surface area contributed by atoms with Crippen molar-refractivity contribution < 1.29 is 13.2 Å². The van der Waals surface area contributed by atoms with Crippen molar-refractivity contribution in [1.29, 1.82) is 0 Å². The summed E-state index contributed by atoms with van der Waals surface area (Å²) in [6.07, 6.45) is -2.72. The van der Waals surface area contributed by atoms with E-state index in [1.807, 2.05) is 0 Å². The van der Waals surface area contributed by atoms with Gasteiger partial charge in [-0.3, -0.25) is 0 Å². The number of alkyl halides is 3. The third-order valence-corrected chi connectivity index (χ3v) is 3.50. The molecule has 1 fully saturated rings. The van der Waals surface area contributed by atoms with Crippen LogP contribution in [0.25, 0.3) is 5.69 Å². The summed E-state index contributed by atoms with van der Waals surface area (Å²) in [7, 11) is 0. The van der Waals surface area contributed by atoms with E-state index < -0.39 is 17.4 Å². The number of nitrogens with zero attached hydrogens (tertiary/aromatic N) is 2. The van der Waals surface area contributed by atoms with Crippen LogP contribution < -0.4 is 11.0 Å². The summed E-state index contributed by atoms with van der Waals surface area (Å²) < 4.78 is 39.6. The maximum atomic E-state index is 12.8. The van der Waals surface area contributed by atoms with E-state index in [4.69, 9.17) is 0 Å². The molecule has 2 aromatic rings. The molecule has 0 spiro atoms. The zero-order valence-electron chi connectivity index (χ0n) is 10.9. The van der Waals surface area contributed by atoms with Crippen molar-refractivity contribution in [3.8, 4) is 5.69 Å². The van der Waals surface area contributed by atoms with Crippen molar-refractivity contribution in [3.63, 3.8) is 0 Å². The predicted octanol–water partition coefficient (Wildman–Crippen LogP) is 2.00. The minimum atomic E-state index is -4.45. The summed E-state index contributed by atoms with van der Waals surface area (Å²) in [4.78, 5) is 11.9. The van der Waals surface area contributed by atoms with Gasteiger partial charge in [-0.15, -0.1) is 0 Å². The number of aromatic amines is 1. The van der Waals surface area contributed by atoms with Gasteiger partial charge in [0.25, 0.3) is 0 Å². The van der Waals surface area contributed by atoms with Crippen LogP contribution in [0.1, 0.15) is 30.3 Å². The molecule has 1 aliphatic heterocycles. The fourth-order valence-corrected chi connectivity index (χ4v) is 2.52. The SMILES string of the molecule is O=c1[nH]nc(C2CCCN2)n1-c1cccc(C(F)(F)F)c1. The molecular weight excluding hydrogens is 285 g/mol. The lowest BCUT2D eigenvalue weighted by Crippen LogP contribution is -2.22. The molecule has 2 heterocycles. The van der Waals surface area contributed by atoms with E-state index in [1.165, 1.54) is 16.7 Å². The zero-order chi connectivity index (χ0) is 15.0. The van der Waals surface area contributed by atoms with Crippen LogP contribution in [0.5, 0.6) is 0 Å². The maximum absolute atomic E-state index is 12.8. The van der Waals surface area contributed by atoms with Crippen molar-refractivity contribution in [1.82, 2.24) is 20.1 Å². The van der Waals surface area contributed by atoms with Crippen LogP contribution >= 0.6 is 0 Å². The van der Waals surface area contributed by atoms with Gasteiger partial charge < -0.3 is 5.32 Å². The molecule has 21 heavy (non-hydrogen) atoms. The zero-order valence-corrected chi connectivity index (χ0v) is 10.9. The molecule has 1 unspecified atom stereocenters. The minimum Gasteiger partial charge on any atom is -0.307 e. The first-order valence-electron chi connectivity index (χ1n) is 6.55.